The molecule has 3 nitrogen and oxygen atoms in total. The van der Waals surface area contributed by atoms with Crippen molar-refractivity contribution in [3.8, 4) is 0 Å². The molecule has 0 aromatic carbocycles. The molecule has 3 heteroatoms. The lowest BCUT2D eigenvalue weighted by Gasteiger charge is -2.36. The first-order valence-corrected chi connectivity index (χ1v) is 7.44. The Balaban J connectivity index is 2.05. The maximum atomic E-state index is 4.54. The highest BCUT2D eigenvalue weighted by Gasteiger charge is 2.23. The van der Waals surface area contributed by atoms with Crippen molar-refractivity contribution in [1.29, 1.82) is 0 Å². The van der Waals surface area contributed by atoms with E-state index in [1.807, 2.05) is 6.20 Å². The van der Waals surface area contributed by atoms with E-state index in [-0.39, 0.29) is 0 Å². The van der Waals surface area contributed by atoms with Crippen LogP contribution in [0.2, 0.25) is 0 Å². The lowest BCUT2D eigenvalue weighted by atomic mass is 9.98. The Morgan fingerprint density at radius 2 is 2.21 bits per heavy atom. The summed E-state index contributed by atoms with van der Waals surface area (Å²) in [4.78, 5) is 9.48. The zero-order valence-corrected chi connectivity index (χ0v) is 12.8. The zero-order chi connectivity index (χ0) is 13.8. The first-order chi connectivity index (χ1) is 9.11. The number of hydrogen-bond acceptors (Lipinski definition) is 3. The molecule has 19 heavy (non-hydrogen) atoms. The van der Waals surface area contributed by atoms with Crippen molar-refractivity contribution in [2.75, 3.05) is 27.2 Å². The van der Waals surface area contributed by atoms with Crippen LogP contribution in [0.5, 0.6) is 0 Å². The first kappa shape index (κ1) is 14.5. The molecule has 0 fully saturated rings. The molecule has 1 unspecified atom stereocenters. The van der Waals surface area contributed by atoms with E-state index in [4.69, 9.17) is 0 Å². The van der Waals surface area contributed by atoms with Crippen LogP contribution >= 0.6 is 0 Å². The van der Waals surface area contributed by atoms with Crippen LogP contribution in [-0.4, -0.2) is 48.0 Å². The predicted octanol–water partition coefficient (Wildman–Crippen LogP) is 2.48. The molecule has 1 aliphatic heterocycles. The average Bonchev–Trinajstić information content (AvgIpc) is 2.40. The molecule has 0 bridgehead atoms. The number of nitrogens with zero attached hydrogens (tertiary/aromatic N) is 3. The van der Waals surface area contributed by atoms with Gasteiger partial charge in [-0.05, 0) is 57.6 Å². The summed E-state index contributed by atoms with van der Waals surface area (Å²) >= 11 is 0. The molecule has 0 spiro atoms. The third-order valence-corrected chi connectivity index (χ3v) is 4.27. The van der Waals surface area contributed by atoms with Gasteiger partial charge < -0.3 is 4.90 Å². The van der Waals surface area contributed by atoms with Gasteiger partial charge in [0.05, 0.1) is 0 Å². The van der Waals surface area contributed by atoms with Crippen molar-refractivity contribution >= 4 is 0 Å². The second kappa shape index (κ2) is 6.49. The standard InChI is InChI=1S/C16H27N3/c1-5-14(7-10-18(3)4)19-11-8-16-15(12-19)13(2)6-9-17-16/h6,9,14H,5,7-8,10-12H2,1-4H3. The van der Waals surface area contributed by atoms with E-state index in [1.54, 1.807) is 0 Å². The summed E-state index contributed by atoms with van der Waals surface area (Å²) in [6.45, 7) is 7.95. The minimum absolute atomic E-state index is 0.704. The molecule has 0 saturated carbocycles. The minimum Gasteiger partial charge on any atom is -0.309 e. The van der Waals surface area contributed by atoms with Crippen LogP contribution in [0.3, 0.4) is 0 Å². The van der Waals surface area contributed by atoms with Crippen LogP contribution in [0.1, 0.15) is 36.6 Å². The number of rotatable bonds is 5. The van der Waals surface area contributed by atoms with Crippen molar-refractivity contribution in [3.05, 3.63) is 29.1 Å². The summed E-state index contributed by atoms with van der Waals surface area (Å²) in [6.07, 6.45) is 5.56. The van der Waals surface area contributed by atoms with Crippen molar-refractivity contribution in [2.24, 2.45) is 0 Å². The Kier molecular flexibility index (Phi) is 4.94. The van der Waals surface area contributed by atoms with E-state index in [0.29, 0.717) is 6.04 Å². The van der Waals surface area contributed by atoms with Gasteiger partial charge in [-0.3, -0.25) is 9.88 Å². The summed E-state index contributed by atoms with van der Waals surface area (Å²) < 4.78 is 0. The van der Waals surface area contributed by atoms with Gasteiger partial charge in [-0.2, -0.15) is 0 Å². The second-order valence-corrected chi connectivity index (χ2v) is 5.93. The summed E-state index contributed by atoms with van der Waals surface area (Å²) in [5, 5.41) is 0. The Morgan fingerprint density at radius 1 is 1.42 bits per heavy atom. The van der Waals surface area contributed by atoms with Gasteiger partial charge >= 0.3 is 0 Å². The van der Waals surface area contributed by atoms with Gasteiger partial charge in [0.1, 0.15) is 0 Å². The van der Waals surface area contributed by atoms with E-state index < -0.39 is 0 Å². The molecule has 1 atom stereocenters. The zero-order valence-electron chi connectivity index (χ0n) is 12.8. The maximum Gasteiger partial charge on any atom is 0.0463 e. The van der Waals surface area contributed by atoms with Gasteiger partial charge in [-0.1, -0.05) is 6.92 Å². The maximum absolute atomic E-state index is 4.54. The molecule has 106 valence electrons. The SMILES string of the molecule is CCC(CCN(C)C)N1CCc2nccc(C)c2C1. The third-order valence-electron chi connectivity index (χ3n) is 4.27. The molecule has 0 radical (unpaired) electrons. The largest absolute Gasteiger partial charge is 0.309 e. The molecule has 2 heterocycles. The van der Waals surface area contributed by atoms with E-state index in [0.717, 1.165) is 19.5 Å². The lowest BCUT2D eigenvalue weighted by Crippen LogP contribution is -2.41. The van der Waals surface area contributed by atoms with Gasteiger partial charge in [0.25, 0.3) is 0 Å². The smallest absolute Gasteiger partial charge is 0.0463 e. The molecule has 0 aliphatic carbocycles. The number of fused-ring (bicyclic) bond motifs is 1. The van der Waals surface area contributed by atoms with Gasteiger partial charge in [0, 0.05) is 37.4 Å². The molecule has 1 aromatic heterocycles. The van der Waals surface area contributed by atoms with Crippen LogP contribution in [0.15, 0.2) is 12.3 Å². The fraction of sp³-hybridized carbons (Fsp3) is 0.688. The Morgan fingerprint density at radius 3 is 2.89 bits per heavy atom. The molecule has 1 aliphatic rings. The summed E-state index contributed by atoms with van der Waals surface area (Å²) in [7, 11) is 4.32. The minimum atomic E-state index is 0.704. The molecule has 2 rings (SSSR count). The second-order valence-electron chi connectivity index (χ2n) is 5.93. The Labute approximate surface area is 117 Å². The molecular weight excluding hydrogens is 234 g/mol. The number of aromatic nitrogens is 1. The van der Waals surface area contributed by atoms with Crippen molar-refractivity contribution in [3.63, 3.8) is 0 Å². The highest BCUT2D eigenvalue weighted by Crippen LogP contribution is 2.23. The fourth-order valence-electron chi connectivity index (χ4n) is 2.97. The van der Waals surface area contributed by atoms with Gasteiger partial charge in [-0.25, -0.2) is 0 Å². The summed E-state index contributed by atoms with van der Waals surface area (Å²) in [6, 6.07) is 2.85. The van der Waals surface area contributed by atoms with Crippen LogP contribution in [0.4, 0.5) is 0 Å². The van der Waals surface area contributed by atoms with Crippen LogP contribution < -0.4 is 0 Å². The highest BCUT2D eigenvalue weighted by atomic mass is 15.2. The van der Waals surface area contributed by atoms with E-state index in [1.165, 1.54) is 36.2 Å². The highest BCUT2D eigenvalue weighted by molar-refractivity contribution is 5.30. The lowest BCUT2D eigenvalue weighted by molar-refractivity contribution is 0.153. The van der Waals surface area contributed by atoms with E-state index in [9.17, 15) is 0 Å². The molecule has 0 amide bonds. The molecule has 0 saturated heterocycles. The molecule has 1 aromatic rings. The van der Waals surface area contributed by atoms with Crippen molar-refractivity contribution in [1.82, 2.24) is 14.8 Å². The van der Waals surface area contributed by atoms with Crippen LogP contribution in [0.25, 0.3) is 0 Å². The van der Waals surface area contributed by atoms with Crippen LogP contribution in [0, 0.1) is 6.92 Å². The predicted molar refractivity (Wildman–Crippen MR) is 80.3 cm³/mol. The van der Waals surface area contributed by atoms with E-state index in [2.05, 4.69) is 48.8 Å². The van der Waals surface area contributed by atoms with Crippen molar-refractivity contribution < 1.29 is 0 Å². The summed E-state index contributed by atoms with van der Waals surface area (Å²) in [5.74, 6) is 0. The number of hydrogen-bond donors (Lipinski definition) is 0. The average molecular weight is 261 g/mol. The topological polar surface area (TPSA) is 19.4 Å². The van der Waals surface area contributed by atoms with Gasteiger partial charge in [0.2, 0.25) is 0 Å². The van der Waals surface area contributed by atoms with Gasteiger partial charge in [-0.15, -0.1) is 0 Å². The third kappa shape index (κ3) is 3.54. The summed E-state index contributed by atoms with van der Waals surface area (Å²) in [5.41, 5.74) is 4.19. The Hall–Kier alpha value is -0.930. The Bertz CT molecular complexity index is 414. The van der Waals surface area contributed by atoms with E-state index >= 15 is 0 Å². The first-order valence-electron chi connectivity index (χ1n) is 7.44. The normalized spacial score (nSPS) is 17.5. The monoisotopic (exact) mass is 261 g/mol. The quantitative estimate of drug-likeness (QED) is 0.812. The molecular formula is C16H27N3. The number of aryl methyl sites for hydroxylation is 1. The number of pyridine rings is 1. The molecule has 0 N–H and O–H groups in total. The van der Waals surface area contributed by atoms with Crippen LogP contribution in [-0.2, 0) is 13.0 Å². The fourth-order valence-corrected chi connectivity index (χ4v) is 2.97. The van der Waals surface area contributed by atoms with Gasteiger partial charge in [0.15, 0.2) is 0 Å². The van der Waals surface area contributed by atoms with Crippen molar-refractivity contribution in [2.45, 2.75) is 45.7 Å².